The third-order valence-corrected chi connectivity index (χ3v) is 3.12. The maximum absolute atomic E-state index is 11.8. The highest BCUT2D eigenvalue weighted by molar-refractivity contribution is 5.94. The predicted octanol–water partition coefficient (Wildman–Crippen LogP) is 2.76. The highest BCUT2D eigenvalue weighted by Crippen LogP contribution is 2.20. The van der Waals surface area contributed by atoms with Gasteiger partial charge < -0.3 is 4.74 Å². The molecule has 0 saturated heterocycles. The lowest BCUT2D eigenvalue weighted by Gasteiger charge is -2.11. The van der Waals surface area contributed by atoms with E-state index in [9.17, 15) is 9.59 Å². The molecule has 1 N–H and O–H groups in total. The van der Waals surface area contributed by atoms with Crippen molar-refractivity contribution < 1.29 is 19.2 Å². The van der Waals surface area contributed by atoms with E-state index in [1.807, 2.05) is 6.07 Å². The van der Waals surface area contributed by atoms with Gasteiger partial charge in [0.15, 0.2) is 5.78 Å². The van der Waals surface area contributed by atoms with Gasteiger partial charge in [-0.3, -0.25) is 14.4 Å². The number of nitrogens with one attached hydrogen (secondary N) is 1. The van der Waals surface area contributed by atoms with Crippen molar-refractivity contribution in [2.45, 2.75) is 13.5 Å². The predicted molar refractivity (Wildman–Crippen MR) is 81.7 cm³/mol. The van der Waals surface area contributed by atoms with Crippen molar-refractivity contribution in [1.29, 1.82) is 0 Å². The number of ether oxygens (including phenoxy) is 1. The highest BCUT2D eigenvalue weighted by Gasteiger charge is 2.09. The van der Waals surface area contributed by atoms with E-state index in [1.54, 1.807) is 42.5 Å². The number of benzene rings is 2. The van der Waals surface area contributed by atoms with E-state index in [-0.39, 0.29) is 18.3 Å². The SMILES string of the molecule is COc1ccc(C(C)=O)cc1CONC(=O)c1ccccc1. The quantitative estimate of drug-likeness (QED) is 0.658. The molecule has 22 heavy (non-hydrogen) atoms. The minimum atomic E-state index is -0.331. The van der Waals surface area contributed by atoms with E-state index in [1.165, 1.54) is 14.0 Å². The first-order chi connectivity index (χ1) is 10.6. The van der Waals surface area contributed by atoms with Gasteiger partial charge in [-0.25, -0.2) is 5.48 Å². The molecule has 0 aliphatic carbocycles. The fourth-order valence-corrected chi connectivity index (χ4v) is 1.94. The normalized spacial score (nSPS) is 10.1. The largest absolute Gasteiger partial charge is 0.496 e. The molecule has 0 aliphatic heterocycles. The van der Waals surface area contributed by atoms with Gasteiger partial charge in [0.05, 0.1) is 7.11 Å². The minimum Gasteiger partial charge on any atom is -0.496 e. The molecule has 0 atom stereocenters. The van der Waals surface area contributed by atoms with Crippen LogP contribution in [-0.2, 0) is 11.4 Å². The molecule has 0 aromatic heterocycles. The third-order valence-electron chi connectivity index (χ3n) is 3.12. The maximum Gasteiger partial charge on any atom is 0.274 e. The first-order valence-corrected chi connectivity index (χ1v) is 6.77. The zero-order valence-electron chi connectivity index (χ0n) is 12.5. The number of rotatable bonds is 6. The van der Waals surface area contributed by atoms with Gasteiger partial charge in [-0.05, 0) is 37.3 Å². The van der Waals surface area contributed by atoms with E-state index in [2.05, 4.69) is 5.48 Å². The molecule has 0 spiro atoms. The molecule has 2 aromatic rings. The Bertz CT molecular complexity index is 668. The second-order valence-electron chi connectivity index (χ2n) is 4.67. The van der Waals surface area contributed by atoms with Crippen molar-refractivity contribution in [3.8, 4) is 5.75 Å². The first kappa shape index (κ1) is 15.7. The van der Waals surface area contributed by atoms with Crippen LogP contribution in [0.25, 0.3) is 0 Å². The van der Waals surface area contributed by atoms with Gasteiger partial charge in [0, 0.05) is 16.7 Å². The number of carbonyl (C=O) groups is 2. The number of amides is 1. The number of hydrogen-bond acceptors (Lipinski definition) is 4. The summed E-state index contributed by atoms with van der Waals surface area (Å²) in [6.07, 6.45) is 0. The van der Waals surface area contributed by atoms with Gasteiger partial charge in [0.1, 0.15) is 12.4 Å². The highest BCUT2D eigenvalue weighted by atomic mass is 16.7. The Morgan fingerprint density at radius 3 is 2.41 bits per heavy atom. The van der Waals surface area contributed by atoms with E-state index < -0.39 is 0 Å². The summed E-state index contributed by atoms with van der Waals surface area (Å²) in [4.78, 5) is 28.5. The summed E-state index contributed by atoms with van der Waals surface area (Å²) in [7, 11) is 1.54. The monoisotopic (exact) mass is 299 g/mol. The lowest BCUT2D eigenvalue weighted by atomic mass is 10.1. The molecule has 1 amide bonds. The summed E-state index contributed by atoms with van der Waals surface area (Å²) in [5.74, 6) is 0.221. The number of carbonyl (C=O) groups excluding carboxylic acids is 2. The van der Waals surface area contributed by atoms with Crippen molar-refractivity contribution in [1.82, 2.24) is 5.48 Å². The smallest absolute Gasteiger partial charge is 0.274 e. The van der Waals surface area contributed by atoms with Gasteiger partial charge in [0.25, 0.3) is 5.91 Å². The fraction of sp³-hybridized carbons (Fsp3) is 0.176. The molecule has 2 rings (SSSR count). The zero-order chi connectivity index (χ0) is 15.9. The van der Waals surface area contributed by atoms with Crippen LogP contribution in [0.3, 0.4) is 0 Å². The van der Waals surface area contributed by atoms with Gasteiger partial charge in [0.2, 0.25) is 0 Å². The van der Waals surface area contributed by atoms with Crippen molar-refractivity contribution in [3.05, 3.63) is 65.2 Å². The molecule has 0 radical (unpaired) electrons. The molecule has 5 nitrogen and oxygen atoms in total. The van der Waals surface area contributed by atoms with Gasteiger partial charge in [-0.1, -0.05) is 18.2 Å². The van der Waals surface area contributed by atoms with Crippen LogP contribution in [0.5, 0.6) is 5.75 Å². The molecule has 0 heterocycles. The molecule has 114 valence electrons. The molecule has 0 fully saturated rings. The molecule has 2 aromatic carbocycles. The summed E-state index contributed by atoms with van der Waals surface area (Å²) >= 11 is 0. The van der Waals surface area contributed by atoms with Crippen LogP contribution >= 0.6 is 0 Å². The Hall–Kier alpha value is -2.66. The standard InChI is InChI=1S/C17H17NO4/c1-12(19)14-8-9-16(21-2)15(10-14)11-22-18-17(20)13-6-4-3-5-7-13/h3-10H,11H2,1-2H3,(H,18,20). The molecule has 0 saturated carbocycles. The molecule has 0 unspecified atom stereocenters. The van der Waals surface area contributed by atoms with Gasteiger partial charge in [-0.15, -0.1) is 0 Å². The van der Waals surface area contributed by atoms with Crippen molar-refractivity contribution in [2.75, 3.05) is 7.11 Å². The molecule has 0 aliphatic rings. The Morgan fingerprint density at radius 2 is 1.77 bits per heavy atom. The van der Waals surface area contributed by atoms with E-state index in [4.69, 9.17) is 9.57 Å². The number of ketones is 1. The summed E-state index contributed by atoms with van der Waals surface area (Å²) in [6.45, 7) is 1.59. The molecular weight excluding hydrogens is 282 g/mol. The van der Waals surface area contributed by atoms with Crippen LogP contribution in [0.15, 0.2) is 48.5 Å². The second kappa shape index (κ2) is 7.38. The van der Waals surface area contributed by atoms with Crippen molar-refractivity contribution in [2.24, 2.45) is 0 Å². The summed E-state index contributed by atoms with van der Waals surface area (Å²) in [5.41, 5.74) is 4.12. The lowest BCUT2D eigenvalue weighted by Crippen LogP contribution is -2.23. The minimum absolute atomic E-state index is 0.0442. The van der Waals surface area contributed by atoms with Crippen LogP contribution in [0.1, 0.15) is 33.2 Å². The molecular formula is C17H17NO4. The topological polar surface area (TPSA) is 64.6 Å². The Labute approximate surface area is 128 Å². The number of hydroxylamine groups is 1. The molecule has 0 bridgehead atoms. The number of hydrogen-bond donors (Lipinski definition) is 1. The second-order valence-corrected chi connectivity index (χ2v) is 4.67. The van der Waals surface area contributed by atoms with Crippen LogP contribution in [0, 0.1) is 0 Å². The van der Waals surface area contributed by atoms with Crippen LogP contribution in [0.2, 0.25) is 0 Å². The first-order valence-electron chi connectivity index (χ1n) is 6.77. The third kappa shape index (κ3) is 3.93. The fourth-order valence-electron chi connectivity index (χ4n) is 1.94. The summed E-state index contributed by atoms with van der Waals surface area (Å²) < 4.78 is 5.22. The van der Waals surface area contributed by atoms with Crippen LogP contribution in [0.4, 0.5) is 0 Å². The zero-order valence-corrected chi connectivity index (χ0v) is 12.5. The average Bonchev–Trinajstić information content (AvgIpc) is 2.55. The summed E-state index contributed by atoms with van der Waals surface area (Å²) in [5, 5.41) is 0. The Kier molecular flexibility index (Phi) is 5.27. The number of methoxy groups -OCH3 is 1. The van der Waals surface area contributed by atoms with Gasteiger partial charge in [-0.2, -0.15) is 0 Å². The number of Topliss-reactive ketones (excluding diaryl/α,β-unsaturated/α-hetero) is 1. The lowest BCUT2D eigenvalue weighted by molar-refractivity contribution is 0.0227. The van der Waals surface area contributed by atoms with E-state index in [0.29, 0.717) is 22.4 Å². The summed E-state index contributed by atoms with van der Waals surface area (Å²) in [6, 6.07) is 13.8. The van der Waals surface area contributed by atoms with Crippen molar-refractivity contribution >= 4 is 11.7 Å². The molecule has 5 heteroatoms. The maximum atomic E-state index is 11.8. The Balaban J connectivity index is 2.00. The Morgan fingerprint density at radius 1 is 1.05 bits per heavy atom. The van der Waals surface area contributed by atoms with Crippen LogP contribution in [-0.4, -0.2) is 18.8 Å². The average molecular weight is 299 g/mol. The van der Waals surface area contributed by atoms with Crippen molar-refractivity contribution in [3.63, 3.8) is 0 Å². The van der Waals surface area contributed by atoms with Crippen LogP contribution < -0.4 is 10.2 Å². The van der Waals surface area contributed by atoms with Gasteiger partial charge >= 0.3 is 0 Å². The van der Waals surface area contributed by atoms with E-state index in [0.717, 1.165) is 0 Å². The van der Waals surface area contributed by atoms with E-state index >= 15 is 0 Å².